The van der Waals surface area contributed by atoms with E-state index in [0.29, 0.717) is 25.3 Å². The van der Waals surface area contributed by atoms with Crippen molar-refractivity contribution in [1.29, 1.82) is 0 Å². The molecular formula is C16H25NO3. The van der Waals surface area contributed by atoms with Gasteiger partial charge in [-0.2, -0.15) is 0 Å². The lowest BCUT2D eigenvalue weighted by Crippen LogP contribution is -2.22. The Hall–Kier alpha value is -1.55. The first-order valence-corrected chi connectivity index (χ1v) is 7.34. The van der Waals surface area contributed by atoms with Crippen molar-refractivity contribution in [3.05, 3.63) is 29.3 Å². The zero-order valence-corrected chi connectivity index (χ0v) is 12.7. The molecule has 0 saturated heterocycles. The van der Waals surface area contributed by atoms with Gasteiger partial charge in [-0.3, -0.25) is 4.79 Å². The third-order valence-electron chi connectivity index (χ3n) is 2.86. The predicted molar refractivity (Wildman–Crippen MR) is 80.2 cm³/mol. The smallest absolute Gasteiger partial charge is 0.251 e. The normalized spacial score (nSPS) is 10.3. The van der Waals surface area contributed by atoms with Gasteiger partial charge in [0.05, 0.1) is 13.2 Å². The zero-order valence-electron chi connectivity index (χ0n) is 12.7. The number of carbonyl (C=O) groups is 1. The fourth-order valence-corrected chi connectivity index (χ4v) is 1.82. The van der Waals surface area contributed by atoms with Crippen LogP contribution in [0, 0.1) is 0 Å². The minimum absolute atomic E-state index is 0.0645. The Morgan fingerprint density at radius 3 is 2.70 bits per heavy atom. The van der Waals surface area contributed by atoms with Gasteiger partial charge in [0.2, 0.25) is 0 Å². The molecule has 1 amide bonds. The number of carbonyl (C=O) groups excluding carboxylic acids is 1. The summed E-state index contributed by atoms with van der Waals surface area (Å²) in [6, 6.07) is 5.47. The zero-order chi connectivity index (χ0) is 14.8. The van der Waals surface area contributed by atoms with Crippen LogP contribution >= 0.6 is 0 Å². The van der Waals surface area contributed by atoms with Crippen LogP contribution in [0.15, 0.2) is 18.2 Å². The topological polar surface area (TPSA) is 47.6 Å². The molecule has 1 rings (SSSR count). The van der Waals surface area contributed by atoms with Gasteiger partial charge in [0.1, 0.15) is 5.75 Å². The van der Waals surface area contributed by atoms with Gasteiger partial charge in [-0.15, -0.1) is 0 Å². The van der Waals surface area contributed by atoms with Crippen molar-refractivity contribution < 1.29 is 14.3 Å². The molecule has 1 aromatic rings. The van der Waals surface area contributed by atoms with Crippen molar-refractivity contribution in [2.24, 2.45) is 0 Å². The summed E-state index contributed by atoms with van der Waals surface area (Å²) < 4.78 is 11.2. The van der Waals surface area contributed by atoms with Crippen molar-refractivity contribution in [2.45, 2.75) is 40.2 Å². The lowest BCUT2D eigenvalue weighted by atomic mass is 10.1. The molecule has 0 saturated carbocycles. The third-order valence-corrected chi connectivity index (χ3v) is 2.86. The molecule has 20 heavy (non-hydrogen) atoms. The molecule has 0 aliphatic rings. The number of amides is 1. The number of rotatable bonds is 9. The second kappa shape index (κ2) is 9.37. The van der Waals surface area contributed by atoms with E-state index < -0.39 is 0 Å². The molecule has 0 bridgehead atoms. The van der Waals surface area contributed by atoms with Crippen LogP contribution in [-0.2, 0) is 11.3 Å². The van der Waals surface area contributed by atoms with Gasteiger partial charge < -0.3 is 14.8 Å². The summed E-state index contributed by atoms with van der Waals surface area (Å²) in [6.07, 6.45) is 2.15. The van der Waals surface area contributed by atoms with Crippen molar-refractivity contribution in [3.63, 3.8) is 0 Å². The molecule has 0 atom stereocenters. The maximum Gasteiger partial charge on any atom is 0.251 e. The molecule has 0 aromatic heterocycles. The molecular weight excluding hydrogens is 254 g/mol. The van der Waals surface area contributed by atoms with Gasteiger partial charge >= 0.3 is 0 Å². The highest BCUT2D eigenvalue weighted by molar-refractivity contribution is 5.94. The molecule has 0 heterocycles. The first-order valence-electron chi connectivity index (χ1n) is 7.34. The van der Waals surface area contributed by atoms with E-state index in [-0.39, 0.29) is 5.91 Å². The Balaban J connectivity index is 2.79. The van der Waals surface area contributed by atoms with Crippen molar-refractivity contribution in [2.75, 3.05) is 19.8 Å². The maximum atomic E-state index is 11.8. The molecule has 1 N–H and O–H groups in total. The molecule has 0 aliphatic heterocycles. The molecule has 4 heteroatoms. The van der Waals surface area contributed by atoms with Crippen LogP contribution < -0.4 is 10.1 Å². The number of unbranched alkanes of at least 4 members (excludes halogenated alkanes) is 1. The Bertz CT molecular complexity index is 418. The molecule has 1 aromatic carbocycles. The van der Waals surface area contributed by atoms with E-state index in [4.69, 9.17) is 9.47 Å². The molecule has 112 valence electrons. The Morgan fingerprint density at radius 2 is 2.05 bits per heavy atom. The van der Waals surface area contributed by atoms with E-state index in [2.05, 4.69) is 12.2 Å². The van der Waals surface area contributed by atoms with E-state index in [1.54, 1.807) is 6.07 Å². The quantitative estimate of drug-likeness (QED) is 0.706. The minimum atomic E-state index is -0.0645. The maximum absolute atomic E-state index is 11.8. The number of nitrogens with one attached hydrogen (secondary N) is 1. The van der Waals surface area contributed by atoms with Crippen molar-refractivity contribution in [1.82, 2.24) is 5.32 Å². The van der Waals surface area contributed by atoms with Gasteiger partial charge in [-0.1, -0.05) is 13.3 Å². The minimum Gasteiger partial charge on any atom is -0.494 e. The van der Waals surface area contributed by atoms with E-state index >= 15 is 0 Å². The summed E-state index contributed by atoms with van der Waals surface area (Å²) in [6.45, 7) is 8.40. The summed E-state index contributed by atoms with van der Waals surface area (Å²) >= 11 is 0. The third kappa shape index (κ3) is 5.21. The summed E-state index contributed by atoms with van der Waals surface area (Å²) in [5, 5.41) is 2.80. The van der Waals surface area contributed by atoms with Crippen LogP contribution in [0.1, 0.15) is 49.5 Å². The molecule has 0 aliphatic carbocycles. The van der Waals surface area contributed by atoms with E-state index in [9.17, 15) is 4.79 Å². The highest BCUT2D eigenvalue weighted by Gasteiger charge is 2.10. The molecule has 4 nitrogen and oxygen atoms in total. The molecule has 0 fully saturated rings. The molecule has 0 unspecified atom stereocenters. The lowest BCUT2D eigenvalue weighted by Gasteiger charge is -2.12. The summed E-state index contributed by atoms with van der Waals surface area (Å²) in [5.74, 6) is 0.724. The number of benzene rings is 1. The Morgan fingerprint density at radius 1 is 1.25 bits per heavy atom. The van der Waals surface area contributed by atoms with Crippen LogP contribution in [0.3, 0.4) is 0 Å². The molecule has 0 radical (unpaired) electrons. The molecule has 0 spiro atoms. The van der Waals surface area contributed by atoms with Gasteiger partial charge in [-0.25, -0.2) is 0 Å². The summed E-state index contributed by atoms with van der Waals surface area (Å²) in [5.41, 5.74) is 1.57. The van der Waals surface area contributed by atoms with Gasteiger partial charge in [0.25, 0.3) is 5.91 Å². The summed E-state index contributed by atoms with van der Waals surface area (Å²) in [4.78, 5) is 11.8. The van der Waals surface area contributed by atoms with Crippen LogP contribution in [0.2, 0.25) is 0 Å². The number of hydrogen-bond acceptors (Lipinski definition) is 3. The Kier molecular flexibility index (Phi) is 7.73. The van der Waals surface area contributed by atoms with Gasteiger partial charge in [0, 0.05) is 24.3 Å². The van der Waals surface area contributed by atoms with Crippen LogP contribution in [0.25, 0.3) is 0 Å². The summed E-state index contributed by atoms with van der Waals surface area (Å²) in [7, 11) is 0. The number of ether oxygens (including phenoxy) is 2. The monoisotopic (exact) mass is 279 g/mol. The fraction of sp³-hybridized carbons (Fsp3) is 0.562. The highest BCUT2D eigenvalue weighted by Crippen LogP contribution is 2.21. The second-order valence-electron chi connectivity index (χ2n) is 4.52. The first kappa shape index (κ1) is 16.5. The number of hydrogen-bond donors (Lipinski definition) is 1. The van der Waals surface area contributed by atoms with Crippen LogP contribution in [0.4, 0.5) is 0 Å². The SMILES string of the molecule is CCCCOCc1cc(C(=O)NCC)ccc1OCC. The highest BCUT2D eigenvalue weighted by atomic mass is 16.5. The van der Waals surface area contributed by atoms with Crippen molar-refractivity contribution in [3.8, 4) is 5.75 Å². The van der Waals surface area contributed by atoms with Crippen LogP contribution in [-0.4, -0.2) is 25.7 Å². The van der Waals surface area contributed by atoms with Gasteiger partial charge in [0.15, 0.2) is 0 Å². The van der Waals surface area contributed by atoms with E-state index in [0.717, 1.165) is 30.8 Å². The average molecular weight is 279 g/mol. The van der Waals surface area contributed by atoms with E-state index in [1.807, 2.05) is 26.0 Å². The van der Waals surface area contributed by atoms with Crippen LogP contribution in [0.5, 0.6) is 5.75 Å². The fourth-order valence-electron chi connectivity index (χ4n) is 1.82. The Labute approximate surface area is 121 Å². The van der Waals surface area contributed by atoms with Crippen molar-refractivity contribution >= 4 is 5.91 Å². The first-order chi connectivity index (χ1) is 9.72. The van der Waals surface area contributed by atoms with E-state index in [1.165, 1.54) is 0 Å². The van der Waals surface area contributed by atoms with Gasteiger partial charge in [-0.05, 0) is 38.5 Å². The lowest BCUT2D eigenvalue weighted by molar-refractivity contribution is 0.0954. The predicted octanol–water partition coefficient (Wildman–Crippen LogP) is 3.15. The standard InChI is InChI=1S/C16H25NO3/c1-4-7-10-19-12-14-11-13(16(18)17-5-2)8-9-15(14)20-6-3/h8-9,11H,4-7,10,12H2,1-3H3,(H,17,18). The largest absolute Gasteiger partial charge is 0.494 e. The average Bonchev–Trinajstić information content (AvgIpc) is 2.45. The second-order valence-corrected chi connectivity index (χ2v) is 4.52.